The number of nitrogens with zero attached hydrogens (tertiary/aromatic N) is 2. The van der Waals surface area contributed by atoms with Crippen LogP contribution in [0.4, 0.5) is 17.1 Å². The van der Waals surface area contributed by atoms with Crippen molar-refractivity contribution in [3.8, 4) is 33.7 Å². The van der Waals surface area contributed by atoms with Gasteiger partial charge in [0.15, 0.2) is 5.58 Å². The lowest BCUT2D eigenvalue weighted by molar-refractivity contribution is 0.620. The minimum atomic E-state index is 0.601. The zero-order valence-corrected chi connectivity index (χ0v) is 27.5. The van der Waals surface area contributed by atoms with Crippen LogP contribution in [0.5, 0.6) is 0 Å². The van der Waals surface area contributed by atoms with E-state index in [1.807, 2.05) is 42.5 Å². The summed E-state index contributed by atoms with van der Waals surface area (Å²) in [6.45, 7) is 0. The molecule has 0 amide bonds. The van der Waals surface area contributed by atoms with E-state index in [1.54, 1.807) is 0 Å². The topological polar surface area (TPSA) is 42.4 Å². The highest BCUT2D eigenvalue weighted by atomic mass is 16.4. The lowest BCUT2D eigenvalue weighted by atomic mass is 9.98. The van der Waals surface area contributed by atoms with E-state index in [-0.39, 0.29) is 0 Å². The number of hydrogen-bond acceptors (Lipinski definition) is 4. The molecule has 0 saturated carbocycles. The molecule has 8 aromatic carbocycles. The van der Waals surface area contributed by atoms with E-state index in [2.05, 4.69) is 144 Å². The summed E-state index contributed by atoms with van der Waals surface area (Å²) in [6.07, 6.45) is 0. The van der Waals surface area contributed by atoms with Crippen molar-refractivity contribution in [2.45, 2.75) is 0 Å². The van der Waals surface area contributed by atoms with E-state index >= 15 is 0 Å². The fourth-order valence-electron chi connectivity index (χ4n) is 7.20. The molecule has 0 radical (unpaired) electrons. The highest BCUT2D eigenvalue weighted by molar-refractivity contribution is 6.15. The van der Waals surface area contributed by atoms with Crippen molar-refractivity contribution < 1.29 is 8.83 Å². The lowest BCUT2D eigenvalue weighted by Crippen LogP contribution is -2.10. The molecule has 0 aliphatic heterocycles. The summed E-state index contributed by atoms with van der Waals surface area (Å²) in [4.78, 5) is 7.10. The monoisotopic (exact) mass is 654 g/mol. The van der Waals surface area contributed by atoms with E-state index < -0.39 is 0 Å². The van der Waals surface area contributed by atoms with Crippen LogP contribution in [0.15, 0.2) is 191 Å². The quantitative estimate of drug-likeness (QED) is 0.179. The third-order valence-corrected chi connectivity index (χ3v) is 9.67. The Kier molecular flexibility index (Phi) is 6.78. The molecule has 0 atom stereocenters. The largest absolute Gasteiger partial charge is 0.456 e. The van der Waals surface area contributed by atoms with Gasteiger partial charge in [0.1, 0.15) is 16.7 Å². The van der Waals surface area contributed by atoms with Crippen molar-refractivity contribution in [3.05, 3.63) is 182 Å². The molecule has 10 aromatic rings. The molecule has 2 heterocycles. The van der Waals surface area contributed by atoms with E-state index in [1.165, 1.54) is 21.9 Å². The van der Waals surface area contributed by atoms with Gasteiger partial charge in [-0.2, -0.15) is 0 Å². The van der Waals surface area contributed by atoms with Gasteiger partial charge in [-0.05, 0) is 93.7 Å². The van der Waals surface area contributed by atoms with Crippen molar-refractivity contribution in [1.29, 1.82) is 0 Å². The third kappa shape index (κ3) is 5.13. The second-order valence-electron chi connectivity index (χ2n) is 12.8. The second kappa shape index (κ2) is 11.9. The Labute approximate surface area is 294 Å². The molecule has 0 unspecified atom stereocenters. The van der Waals surface area contributed by atoms with Crippen LogP contribution in [0.25, 0.3) is 77.5 Å². The highest BCUT2D eigenvalue weighted by Gasteiger charge is 2.18. The van der Waals surface area contributed by atoms with Gasteiger partial charge in [-0.15, -0.1) is 0 Å². The van der Waals surface area contributed by atoms with Crippen LogP contribution in [0.2, 0.25) is 0 Å². The Hall–Kier alpha value is -6.91. The lowest BCUT2D eigenvalue weighted by Gasteiger charge is -2.26. The summed E-state index contributed by atoms with van der Waals surface area (Å²) in [5.41, 5.74) is 11.9. The molecule has 4 heteroatoms. The van der Waals surface area contributed by atoms with Gasteiger partial charge in [-0.1, -0.05) is 115 Å². The molecule has 240 valence electrons. The number of oxazole rings is 1. The molecule has 0 saturated heterocycles. The van der Waals surface area contributed by atoms with Crippen LogP contribution < -0.4 is 4.90 Å². The summed E-state index contributed by atoms with van der Waals surface area (Å²) in [7, 11) is 0. The number of rotatable bonds is 6. The predicted molar refractivity (Wildman–Crippen MR) is 210 cm³/mol. The third-order valence-electron chi connectivity index (χ3n) is 9.67. The predicted octanol–water partition coefficient (Wildman–Crippen LogP) is 13.4. The average Bonchev–Trinajstić information content (AvgIpc) is 3.79. The molecule has 0 spiro atoms. The zero-order chi connectivity index (χ0) is 33.7. The van der Waals surface area contributed by atoms with Gasteiger partial charge in [0.05, 0.1) is 0 Å². The van der Waals surface area contributed by atoms with Crippen LogP contribution >= 0.6 is 0 Å². The summed E-state index contributed by atoms with van der Waals surface area (Å²) in [6, 6.07) is 63.6. The van der Waals surface area contributed by atoms with Gasteiger partial charge < -0.3 is 13.7 Å². The zero-order valence-electron chi connectivity index (χ0n) is 27.5. The number of aromatic nitrogens is 1. The molecule has 4 nitrogen and oxygen atoms in total. The van der Waals surface area contributed by atoms with E-state index in [4.69, 9.17) is 13.8 Å². The van der Waals surface area contributed by atoms with E-state index in [9.17, 15) is 0 Å². The van der Waals surface area contributed by atoms with Gasteiger partial charge in [0, 0.05) is 39.5 Å². The second-order valence-corrected chi connectivity index (χ2v) is 12.8. The first-order chi connectivity index (χ1) is 25.2. The van der Waals surface area contributed by atoms with Gasteiger partial charge in [0.25, 0.3) is 0 Å². The number of hydrogen-bond donors (Lipinski definition) is 0. The molecule has 2 aromatic heterocycles. The molecule has 51 heavy (non-hydrogen) atoms. The van der Waals surface area contributed by atoms with Crippen molar-refractivity contribution >= 4 is 60.9 Å². The smallest absolute Gasteiger partial charge is 0.227 e. The van der Waals surface area contributed by atoms with Crippen molar-refractivity contribution in [3.63, 3.8) is 0 Å². The first kappa shape index (κ1) is 29.0. The standard InChI is InChI=1S/C47H30N2O2/c1-3-11-31(12-4-1)36-17-9-18-38(27-36)49(39-26-21-32-13-7-8-16-35(32)28-39)37-24-22-33(23-25-37)40-19-10-20-43-46(40)41-29-45-42(30-44(41)50-43)48-47(51-45)34-14-5-2-6-15-34/h1-30H. The number of fused-ring (bicyclic) bond motifs is 5. The fourth-order valence-corrected chi connectivity index (χ4v) is 7.20. The maximum Gasteiger partial charge on any atom is 0.227 e. The van der Waals surface area contributed by atoms with Crippen LogP contribution in [0.3, 0.4) is 0 Å². The van der Waals surface area contributed by atoms with Crippen molar-refractivity contribution in [2.24, 2.45) is 0 Å². The molecular formula is C47H30N2O2. The average molecular weight is 655 g/mol. The molecule has 10 rings (SSSR count). The highest BCUT2D eigenvalue weighted by Crippen LogP contribution is 2.42. The number of anilines is 3. The maximum atomic E-state index is 6.41. The maximum absolute atomic E-state index is 6.41. The summed E-state index contributed by atoms with van der Waals surface area (Å²) in [5.74, 6) is 0.601. The molecule has 0 bridgehead atoms. The normalized spacial score (nSPS) is 11.5. The first-order valence-electron chi connectivity index (χ1n) is 17.1. The minimum absolute atomic E-state index is 0.601. The first-order valence-corrected chi connectivity index (χ1v) is 17.1. The number of benzene rings is 8. The Bertz CT molecular complexity index is 2850. The van der Waals surface area contributed by atoms with Crippen LogP contribution in [-0.2, 0) is 0 Å². The van der Waals surface area contributed by atoms with Crippen molar-refractivity contribution in [1.82, 2.24) is 4.98 Å². The number of furan rings is 1. The van der Waals surface area contributed by atoms with Gasteiger partial charge >= 0.3 is 0 Å². The fraction of sp³-hybridized carbons (Fsp3) is 0. The van der Waals surface area contributed by atoms with Gasteiger partial charge in [0.2, 0.25) is 5.89 Å². The Balaban J connectivity index is 1.08. The Morgan fingerprint density at radius 1 is 0.392 bits per heavy atom. The molecule has 0 aliphatic rings. The van der Waals surface area contributed by atoms with Crippen molar-refractivity contribution in [2.75, 3.05) is 4.90 Å². The summed E-state index contributed by atoms with van der Waals surface area (Å²) in [5, 5.41) is 4.48. The Morgan fingerprint density at radius 3 is 1.90 bits per heavy atom. The van der Waals surface area contributed by atoms with Crippen LogP contribution in [0, 0.1) is 0 Å². The van der Waals surface area contributed by atoms with Crippen LogP contribution in [0.1, 0.15) is 0 Å². The molecule has 0 N–H and O–H groups in total. The van der Waals surface area contributed by atoms with Gasteiger partial charge in [-0.25, -0.2) is 4.98 Å². The molecule has 0 aliphatic carbocycles. The molecule has 0 fully saturated rings. The van der Waals surface area contributed by atoms with E-state index in [0.717, 1.165) is 66.8 Å². The van der Waals surface area contributed by atoms with Gasteiger partial charge in [-0.3, -0.25) is 0 Å². The summed E-state index contributed by atoms with van der Waals surface area (Å²) < 4.78 is 12.7. The SMILES string of the molecule is c1ccc(-c2cccc(N(c3ccc(-c4cccc5oc6cc7nc(-c8ccccc8)oc7cc6c45)cc3)c3ccc4ccccc4c3)c2)cc1. The summed E-state index contributed by atoms with van der Waals surface area (Å²) >= 11 is 0. The van der Waals surface area contributed by atoms with Crippen LogP contribution in [-0.4, -0.2) is 4.98 Å². The molecular weight excluding hydrogens is 625 g/mol. The Morgan fingerprint density at radius 2 is 1.08 bits per heavy atom. The minimum Gasteiger partial charge on any atom is -0.456 e. The van der Waals surface area contributed by atoms with E-state index in [0.29, 0.717) is 5.89 Å².